The molecule has 0 radical (unpaired) electrons. The summed E-state index contributed by atoms with van der Waals surface area (Å²) in [6.45, 7) is 9.20. The molecule has 52 valence electrons. The van der Waals surface area contributed by atoms with Gasteiger partial charge in [0.15, 0.2) is 0 Å². The average molecular weight is 130 g/mol. The van der Waals surface area contributed by atoms with Crippen LogP contribution >= 0.6 is 0 Å². The first-order chi connectivity index (χ1) is 4.33. The van der Waals surface area contributed by atoms with Crippen LogP contribution in [-0.4, -0.2) is 6.67 Å². The van der Waals surface area contributed by atoms with Gasteiger partial charge in [0.25, 0.3) is 0 Å². The Kier molecular flexibility index (Phi) is 19.0. The van der Waals surface area contributed by atoms with E-state index in [0.29, 0.717) is 0 Å². The van der Waals surface area contributed by atoms with E-state index >= 15 is 0 Å². The molecule has 0 aliphatic heterocycles. The maximum Gasteiger partial charge on any atom is 0.107 e. The summed E-state index contributed by atoms with van der Waals surface area (Å²) < 4.78 is 15.0. The number of ether oxygens (including phenoxy) is 1. The van der Waals surface area contributed by atoms with Crippen molar-refractivity contribution in [3.63, 3.8) is 0 Å². The molecule has 0 aromatic carbocycles. The van der Waals surface area contributed by atoms with Gasteiger partial charge in [0.05, 0.1) is 12.5 Å². The quantitative estimate of drug-likeness (QED) is 0.421. The van der Waals surface area contributed by atoms with Gasteiger partial charge in [-0.3, -0.25) is 0 Å². The molecule has 0 aliphatic carbocycles. The summed E-state index contributed by atoms with van der Waals surface area (Å²) in [6.07, 6.45) is 3.83. The van der Waals surface area contributed by atoms with Gasteiger partial charge >= 0.3 is 0 Å². The second-order valence-corrected chi connectivity index (χ2v) is 0.912. The number of halogens is 1. The molecule has 0 aromatic heterocycles. The summed E-state index contributed by atoms with van der Waals surface area (Å²) in [6, 6.07) is 0. The van der Waals surface area contributed by atoms with Crippen LogP contribution in [0.25, 0.3) is 0 Å². The van der Waals surface area contributed by atoms with E-state index in [9.17, 15) is 4.39 Å². The monoisotopic (exact) mass is 130 g/mol. The molecule has 0 saturated heterocycles. The highest BCUT2D eigenvalue weighted by Gasteiger charge is 1.49. The van der Waals surface area contributed by atoms with Crippen molar-refractivity contribution in [3.8, 4) is 0 Å². The maximum atomic E-state index is 10.6. The van der Waals surface area contributed by atoms with Gasteiger partial charge in [-0.1, -0.05) is 19.2 Å². The first kappa shape index (κ1) is 10.8. The third kappa shape index (κ3) is 44.8. The predicted octanol–water partition coefficient (Wildman–Crippen LogP) is 2.43. The lowest BCUT2D eigenvalue weighted by Gasteiger charge is -1.76. The molecular weight excluding hydrogens is 119 g/mol. The summed E-state index contributed by atoms with van der Waals surface area (Å²) in [5.74, 6) is 0. The van der Waals surface area contributed by atoms with E-state index < -0.39 is 6.67 Å². The van der Waals surface area contributed by atoms with Crippen molar-refractivity contribution in [2.45, 2.75) is 0 Å². The molecule has 0 saturated carbocycles. The van der Waals surface area contributed by atoms with Crippen molar-refractivity contribution in [2.24, 2.45) is 0 Å². The number of alkyl halides is 1. The Morgan fingerprint density at radius 2 is 1.56 bits per heavy atom. The van der Waals surface area contributed by atoms with Crippen molar-refractivity contribution in [1.82, 2.24) is 0 Å². The van der Waals surface area contributed by atoms with Crippen molar-refractivity contribution in [3.05, 3.63) is 38.3 Å². The van der Waals surface area contributed by atoms with Gasteiger partial charge in [-0.05, 0) is 0 Å². The number of allylic oxidation sites excluding steroid dienone is 1. The second-order valence-electron chi connectivity index (χ2n) is 0.912. The van der Waals surface area contributed by atoms with Crippen molar-refractivity contribution < 1.29 is 9.13 Å². The van der Waals surface area contributed by atoms with Gasteiger partial charge in [0.2, 0.25) is 0 Å². The zero-order chi connectivity index (χ0) is 7.54. The first-order valence-electron chi connectivity index (χ1n) is 2.37. The molecule has 2 heteroatoms. The summed E-state index contributed by atoms with van der Waals surface area (Å²) >= 11 is 0. The third-order valence-electron chi connectivity index (χ3n) is 0.302. The smallest absolute Gasteiger partial charge is 0.107 e. The zero-order valence-corrected chi connectivity index (χ0v) is 5.35. The molecule has 0 unspecified atom stereocenters. The summed E-state index contributed by atoms with van der Waals surface area (Å²) in [5.41, 5.74) is 0. The molecule has 0 N–H and O–H groups in total. The van der Waals surface area contributed by atoms with Crippen LogP contribution in [0.1, 0.15) is 0 Å². The Bertz CT molecular complexity index is 73.0. The van der Waals surface area contributed by atoms with Crippen LogP contribution in [-0.2, 0) is 4.74 Å². The van der Waals surface area contributed by atoms with Crippen LogP contribution < -0.4 is 0 Å². The molecule has 0 aromatic rings. The van der Waals surface area contributed by atoms with Crippen LogP contribution in [0.4, 0.5) is 4.39 Å². The van der Waals surface area contributed by atoms with Gasteiger partial charge in [0, 0.05) is 0 Å². The van der Waals surface area contributed by atoms with Gasteiger partial charge in [-0.15, -0.1) is 6.58 Å². The Morgan fingerprint density at radius 3 is 1.56 bits per heavy atom. The molecule has 0 bridgehead atoms. The number of hydrogen-bond donors (Lipinski definition) is 0. The Labute approximate surface area is 55.1 Å². The Balaban J connectivity index is 0. The highest BCUT2D eigenvalue weighted by Crippen LogP contribution is 1.65. The van der Waals surface area contributed by atoms with Crippen LogP contribution in [0.3, 0.4) is 0 Å². The first-order valence-corrected chi connectivity index (χ1v) is 2.37. The van der Waals surface area contributed by atoms with E-state index in [-0.39, 0.29) is 0 Å². The summed E-state index contributed by atoms with van der Waals surface area (Å²) in [4.78, 5) is 0. The van der Waals surface area contributed by atoms with Crippen LogP contribution in [0.5, 0.6) is 0 Å². The van der Waals surface area contributed by atoms with Gasteiger partial charge in [-0.2, -0.15) is 0 Å². The molecule has 0 heterocycles. The largest absolute Gasteiger partial charge is 0.474 e. The third-order valence-corrected chi connectivity index (χ3v) is 0.302. The minimum Gasteiger partial charge on any atom is -0.474 e. The molecule has 0 rings (SSSR count). The SMILES string of the molecule is C=CCF.C=COC=C. The van der Waals surface area contributed by atoms with E-state index in [2.05, 4.69) is 24.5 Å². The minimum atomic E-state index is -0.417. The lowest BCUT2D eigenvalue weighted by molar-refractivity contribution is 0.406. The summed E-state index contributed by atoms with van der Waals surface area (Å²) in [5, 5.41) is 0. The van der Waals surface area contributed by atoms with E-state index in [0.717, 1.165) is 0 Å². The highest BCUT2D eigenvalue weighted by atomic mass is 19.1. The molecule has 0 amide bonds. The average Bonchev–Trinajstić information content (AvgIpc) is 1.91. The Morgan fingerprint density at radius 1 is 1.22 bits per heavy atom. The van der Waals surface area contributed by atoms with Crippen molar-refractivity contribution in [1.29, 1.82) is 0 Å². The fraction of sp³-hybridized carbons (Fsp3) is 0.143. The predicted molar refractivity (Wildman–Crippen MR) is 37.7 cm³/mol. The maximum absolute atomic E-state index is 10.6. The van der Waals surface area contributed by atoms with Crippen LogP contribution in [0.2, 0.25) is 0 Å². The topological polar surface area (TPSA) is 9.23 Å². The van der Waals surface area contributed by atoms with E-state index in [1.54, 1.807) is 0 Å². The lowest BCUT2D eigenvalue weighted by Crippen LogP contribution is -1.52. The van der Waals surface area contributed by atoms with Gasteiger partial charge < -0.3 is 4.74 Å². The molecule has 0 fully saturated rings. The van der Waals surface area contributed by atoms with E-state index in [4.69, 9.17) is 0 Å². The minimum absolute atomic E-state index is 0.417. The van der Waals surface area contributed by atoms with Gasteiger partial charge in [-0.25, -0.2) is 4.39 Å². The number of rotatable bonds is 3. The highest BCUT2D eigenvalue weighted by molar-refractivity contribution is 4.61. The zero-order valence-electron chi connectivity index (χ0n) is 5.35. The van der Waals surface area contributed by atoms with E-state index in [1.165, 1.54) is 18.6 Å². The van der Waals surface area contributed by atoms with Crippen LogP contribution in [0, 0.1) is 0 Å². The van der Waals surface area contributed by atoms with Crippen molar-refractivity contribution >= 4 is 0 Å². The molecule has 0 atom stereocenters. The van der Waals surface area contributed by atoms with Gasteiger partial charge in [0.1, 0.15) is 6.67 Å². The summed E-state index contributed by atoms with van der Waals surface area (Å²) in [7, 11) is 0. The second kappa shape index (κ2) is 15.8. The van der Waals surface area contributed by atoms with E-state index in [1.807, 2.05) is 0 Å². The standard InChI is InChI=1S/C4H6O.C3H5F/c1-3-5-4-2;1-2-3-4/h3-4H,1-2H2;2H,1,3H2. The Hall–Kier alpha value is -1.05. The molecule has 1 nitrogen and oxygen atoms in total. The fourth-order valence-corrected chi connectivity index (χ4v) is 0.0680. The molecular formula is C7H11FO. The number of hydrogen-bond acceptors (Lipinski definition) is 1. The molecule has 0 aliphatic rings. The lowest BCUT2D eigenvalue weighted by atomic mass is 10.7. The molecule has 0 spiro atoms. The normalized spacial score (nSPS) is 5.89. The molecule has 9 heavy (non-hydrogen) atoms. The fourth-order valence-electron chi connectivity index (χ4n) is 0.0680. The van der Waals surface area contributed by atoms with Crippen LogP contribution in [0.15, 0.2) is 38.3 Å². The van der Waals surface area contributed by atoms with Crippen molar-refractivity contribution in [2.75, 3.05) is 6.67 Å².